The van der Waals surface area contributed by atoms with E-state index in [1.807, 2.05) is 31.1 Å². The summed E-state index contributed by atoms with van der Waals surface area (Å²) in [7, 11) is 5.49. The molecule has 1 aromatic rings. The number of carbonyl (C=O) groups is 2. The smallest absolute Gasteiger partial charge is 0.248 e. The molecule has 0 radical (unpaired) electrons. The lowest BCUT2D eigenvalue weighted by atomic mass is 10.0. The number of para-hydroxylation sites is 1. The Hall–Kier alpha value is -2.28. The third kappa shape index (κ3) is 4.46. The Morgan fingerprint density at radius 3 is 2.50 bits per heavy atom. The highest BCUT2D eigenvalue weighted by atomic mass is 16.5. The predicted octanol–water partition coefficient (Wildman–Crippen LogP) is 1.37. The van der Waals surface area contributed by atoms with E-state index in [0.717, 1.165) is 43.1 Å². The van der Waals surface area contributed by atoms with Gasteiger partial charge in [-0.2, -0.15) is 0 Å². The van der Waals surface area contributed by atoms with Gasteiger partial charge in [-0.05, 0) is 38.9 Å². The fourth-order valence-electron chi connectivity index (χ4n) is 3.32. The van der Waals surface area contributed by atoms with Gasteiger partial charge in [-0.3, -0.25) is 14.9 Å². The van der Waals surface area contributed by atoms with Crippen molar-refractivity contribution in [2.24, 2.45) is 0 Å². The average Bonchev–Trinajstić information content (AvgIpc) is 2.65. The highest BCUT2D eigenvalue weighted by Gasteiger charge is 2.26. The van der Waals surface area contributed by atoms with Crippen molar-refractivity contribution in [1.82, 2.24) is 10.6 Å². The van der Waals surface area contributed by atoms with Gasteiger partial charge >= 0.3 is 0 Å². The zero-order chi connectivity index (χ0) is 19.3. The van der Waals surface area contributed by atoms with Crippen molar-refractivity contribution in [1.29, 1.82) is 0 Å². The largest absolute Gasteiger partial charge is 0.492 e. The van der Waals surface area contributed by atoms with Crippen LogP contribution in [0.3, 0.4) is 0 Å². The number of imide groups is 1. The maximum absolute atomic E-state index is 12.2. The molecule has 0 bridgehead atoms. The van der Waals surface area contributed by atoms with Gasteiger partial charge < -0.3 is 19.9 Å². The second-order valence-electron chi connectivity index (χ2n) is 6.71. The van der Waals surface area contributed by atoms with Crippen molar-refractivity contribution in [2.45, 2.75) is 38.8 Å². The van der Waals surface area contributed by atoms with E-state index < -0.39 is 6.04 Å². The lowest BCUT2D eigenvalue weighted by molar-refractivity contribution is -0.129. The van der Waals surface area contributed by atoms with E-state index in [-0.39, 0.29) is 11.8 Å². The number of anilines is 2. The van der Waals surface area contributed by atoms with Gasteiger partial charge in [-0.25, -0.2) is 0 Å². The first-order chi connectivity index (χ1) is 12.4. The van der Waals surface area contributed by atoms with E-state index in [4.69, 9.17) is 4.74 Å². The number of carbonyl (C=O) groups excluding carboxylic acids is 2. The minimum atomic E-state index is -0.502. The molecule has 0 saturated carbocycles. The number of hydrogen-bond donors (Lipinski definition) is 2. The van der Waals surface area contributed by atoms with E-state index in [0.29, 0.717) is 6.04 Å². The molecule has 2 rings (SSSR count). The molecule has 0 aliphatic carbocycles. The topological polar surface area (TPSA) is 73.9 Å². The summed E-state index contributed by atoms with van der Waals surface area (Å²) in [5, 5.41) is 5.68. The number of nitrogens with zero attached hydrogens (tertiary/aromatic N) is 2. The molecule has 0 spiro atoms. The lowest BCUT2D eigenvalue weighted by Crippen LogP contribution is -2.45. The van der Waals surface area contributed by atoms with Crippen molar-refractivity contribution in [3.8, 4) is 5.75 Å². The van der Waals surface area contributed by atoms with Gasteiger partial charge in [0.1, 0.15) is 6.04 Å². The van der Waals surface area contributed by atoms with Gasteiger partial charge in [0.25, 0.3) is 0 Å². The second kappa shape index (κ2) is 8.89. The third-order valence-corrected chi connectivity index (χ3v) is 5.06. The molecule has 0 aromatic heterocycles. The molecule has 1 atom stereocenters. The fraction of sp³-hybridized carbons (Fsp3) is 0.579. The van der Waals surface area contributed by atoms with Crippen molar-refractivity contribution in [3.63, 3.8) is 0 Å². The number of amides is 2. The number of methoxy groups -OCH3 is 1. The van der Waals surface area contributed by atoms with Crippen LogP contribution in [0.1, 0.15) is 26.7 Å². The van der Waals surface area contributed by atoms with Crippen LogP contribution >= 0.6 is 0 Å². The summed E-state index contributed by atoms with van der Waals surface area (Å²) in [5.74, 6) is 0.0612. The summed E-state index contributed by atoms with van der Waals surface area (Å²) in [4.78, 5) is 27.5. The first-order valence-corrected chi connectivity index (χ1v) is 9.02. The first kappa shape index (κ1) is 20.0. The van der Waals surface area contributed by atoms with Crippen LogP contribution in [0.2, 0.25) is 0 Å². The Balaban J connectivity index is 2.24. The van der Waals surface area contributed by atoms with Crippen LogP contribution in [-0.4, -0.2) is 58.2 Å². The Labute approximate surface area is 155 Å². The molecule has 1 aliphatic rings. The Morgan fingerprint density at radius 1 is 1.31 bits per heavy atom. The molecule has 1 saturated heterocycles. The highest BCUT2D eigenvalue weighted by Crippen LogP contribution is 2.39. The average molecular weight is 362 g/mol. The molecular weight excluding hydrogens is 332 g/mol. The van der Waals surface area contributed by atoms with Gasteiger partial charge in [0.2, 0.25) is 11.8 Å². The van der Waals surface area contributed by atoms with E-state index in [1.54, 1.807) is 14.0 Å². The standard InChI is InChI=1S/C19H30N4O3/c1-13(19(25)21-14(2)24)22(4)16-7-6-8-17(18(16)26-5)23-11-9-15(20-3)10-12-23/h6-8,13,15,20H,9-12H2,1-5H3,(H,21,24,25). The van der Waals surface area contributed by atoms with Gasteiger partial charge in [0.15, 0.2) is 5.75 Å². The Morgan fingerprint density at radius 2 is 1.96 bits per heavy atom. The lowest BCUT2D eigenvalue weighted by Gasteiger charge is -2.35. The summed E-state index contributed by atoms with van der Waals surface area (Å²) in [6.45, 7) is 5.01. The minimum absolute atomic E-state index is 0.331. The van der Waals surface area contributed by atoms with Crippen molar-refractivity contribution >= 4 is 23.2 Å². The van der Waals surface area contributed by atoms with Crippen molar-refractivity contribution < 1.29 is 14.3 Å². The maximum Gasteiger partial charge on any atom is 0.248 e. The molecule has 7 heteroatoms. The van der Waals surface area contributed by atoms with Crippen LogP contribution in [0, 0.1) is 0 Å². The number of ether oxygens (including phenoxy) is 1. The van der Waals surface area contributed by atoms with Crippen LogP contribution in [0.4, 0.5) is 11.4 Å². The molecule has 26 heavy (non-hydrogen) atoms. The van der Waals surface area contributed by atoms with E-state index in [2.05, 4.69) is 21.6 Å². The van der Waals surface area contributed by atoms with Gasteiger partial charge in [0, 0.05) is 33.1 Å². The summed E-state index contributed by atoms with van der Waals surface area (Å²) in [6, 6.07) is 6.01. The Kier molecular flexibility index (Phi) is 6.85. The number of rotatable bonds is 6. The van der Waals surface area contributed by atoms with Crippen molar-refractivity contribution in [3.05, 3.63) is 18.2 Å². The molecule has 1 aromatic carbocycles. The predicted molar refractivity (Wildman–Crippen MR) is 104 cm³/mol. The zero-order valence-electron chi connectivity index (χ0n) is 16.3. The van der Waals surface area contributed by atoms with Crippen molar-refractivity contribution in [2.75, 3.05) is 44.1 Å². The number of nitrogens with one attached hydrogen (secondary N) is 2. The number of piperidine rings is 1. The van der Waals surface area contributed by atoms with Crippen LogP contribution in [0.25, 0.3) is 0 Å². The first-order valence-electron chi connectivity index (χ1n) is 9.02. The van der Waals surface area contributed by atoms with Crippen LogP contribution < -0.4 is 25.2 Å². The summed E-state index contributed by atoms with van der Waals surface area (Å²) < 4.78 is 5.72. The molecule has 2 amide bonds. The second-order valence-corrected chi connectivity index (χ2v) is 6.71. The molecule has 7 nitrogen and oxygen atoms in total. The monoisotopic (exact) mass is 362 g/mol. The van der Waals surface area contributed by atoms with E-state index >= 15 is 0 Å². The molecule has 1 aliphatic heterocycles. The molecule has 2 N–H and O–H groups in total. The van der Waals surface area contributed by atoms with Gasteiger partial charge in [-0.15, -0.1) is 0 Å². The van der Waals surface area contributed by atoms with Crippen LogP contribution in [-0.2, 0) is 9.59 Å². The molecule has 1 heterocycles. The fourth-order valence-corrected chi connectivity index (χ4v) is 3.32. The number of hydrogen-bond acceptors (Lipinski definition) is 6. The molecule has 144 valence electrons. The number of likely N-dealkylation sites (N-methyl/N-ethyl adjacent to an activating group) is 1. The normalized spacial score (nSPS) is 16.1. The van der Waals surface area contributed by atoms with Crippen LogP contribution in [0.5, 0.6) is 5.75 Å². The molecular formula is C19H30N4O3. The van der Waals surface area contributed by atoms with Crippen LogP contribution in [0.15, 0.2) is 18.2 Å². The zero-order valence-corrected chi connectivity index (χ0v) is 16.3. The van der Waals surface area contributed by atoms with Gasteiger partial charge in [0.05, 0.1) is 18.5 Å². The van der Waals surface area contributed by atoms with Gasteiger partial charge in [-0.1, -0.05) is 6.07 Å². The third-order valence-electron chi connectivity index (χ3n) is 5.06. The quantitative estimate of drug-likeness (QED) is 0.796. The maximum atomic E-state index is 12.2. The minimum Gasteiger partial charge on any atom is -0.492 e. The summed E-state index contributed by atoms with van der Waals surface area (Å²) in [5.41, 5.74) is 1.86. The Bertz CT molecular complexity index is 642. The van der Waals surface area contributed by atoms with E-state index in [9.17, 15) is 9.59 Å². The SMILES string of the molecule is CNC1CCN(c2cccc(N(C)C(C)C(=O)NC(C)=O)c2OC)CC1. The summed E-state index contributed by atoms with van der Waals surface area (Å²) >= 11 is 0. The molecule has 1 fully saturated rings. The highest BCUT2D eigenvalue weighted by molar-refractivity contribution is 5.98. The van der Waals surface area contributed by atoms with E-state index in [1.165, 1.54) is 6.92 Å². The molecule has 1 unspecified atom stereocenters. The number of benzene rings is 1. The summed E-state index contributed by atoms with van der Waals surface area (Å²) in [6.07, 6.45) is 2.16.